The van der Waals surface area contributed by atoms with Gasteiger partial charge in [-0.15, -0.1) is 0 Å². The highest BCUT2D eigenvalue weighted by Gasteiger charge is 2.20. The van der Waals surface area contributed by atoms with Crippen molar-refractivity contribution in [1.29, 1.82) is 0 Å². The predicted molar refractivity (Wildman–Crippen MR) is 64.8 cm³/mol. The van der Waals surface area contributed by atoms with E-state index in [-0.39, 0.29) is 0 Å². The molecule has 2 aromatic rings. The molecule has 0 aromatic carbocycles. The van der Waals surface area contributed by atoms with Crippen molar-refractivity contribution in [2.45, 2.75) is 19.4 Å². The third-order valence-electron chi connectivity index (χ3n) is 2.70. The van der Waals surface area contributed by atoms with Crippen LogP contribution in [0.15, 0.2) is 12.3 Å². The topological polar surface area (TPSA) is 55.9 Å². The van der Waals surface area contributed by atoms with E-state index in [9.17, 15) is 5.11 Å². The minimum Gasteiger partial charge on any atom is -0.388 e. The van der Waals surface area contributed by atoms with Crippen molar-refractivity contribution in [3.05, 3.63) is 34.4 Å². The average molecular weight is 255 g/mol. The molecule has 2 heterocycles. The van der Waals surface area contributed by atoms with Gasteiger partial charge in [0.05, 0.1) is 17.5 Å². The van der Waals surface area contributed by atoms with Gasteiger partial charge in [-0.25, -0.2) is 0 Å². The lowest BCUT2D eigenvalue weighted by molar-refractivity contribution is 0.176. The van der Waals surface area contributed by atoms with Crippen LogP contribution in [0.3, 0.4) is 0 Å². The monoisotopic (exact) mass is 254 g/mol. The summed E-state index contributed by atoms with van der Waals surface area (Å²) in [6.07, 6.45) is 1.61. The van der Waals surface area contributed by atoms with E-state index in [1.165, 1.54) is 0 Å². The zero-order valence-electron chi connectivity index (χ0n) is 10.1. The van der Waals surface area contributed by atoms with E-state index < -0.39 is 6.10 Å². The van der Waals surface area contributed by atoms with Gasteiger partial charge >= 0.3 is 0 Å². The average Bonchev–Trinajstić information content (AvgIpc) is 2.73. The van der Waals surface area contributed by atoms with Crippen LogP contribution in [0.1, 0.15) is 23.1 Å². The maximum absolute atomic E-state index is 10.2. The normalized spacial score (nSPS) is 13.0. The van der Waals surface area contributed by atoms with E-state index in [4.69, 9.17) is 11.6 Å². The molecule has 1 atom stereocenters. The highest BCUT2D eigenvalue weighted by atomic mass is 35.5. The molecule has 0 saturated heterocycles. The van der Waals surface area contributed by atoms with Gasteiger partial charge in [0.2, 0.25) is 0 Å². The van der Waals surface area contributed by atoms with Crippen LogP contribution in [0.5, 0.6) is 0 Å². The van der Waals surface area contributed by atoms with E-state index in [1.54, 1.807) is 16.4 Å². The number of nitrogens with zero attached hydrogens (tertiary/aromatic N) is 4. The minimum atomic E-state index is -0.675. The Morgan fingerprint density at radius 1 is 1.41 bits per heavy atom. The molecule has 6 heteroatoms. The molecule has 1 N–H and O–H groups in total. The molecule has 0 bridgehead atoms. The highest BCUT2D eigenvalue weighted by Crippen LogP contribution is 2.27. The van der Waals surface area contributed by atoms with Gasteiger partial charge in [-0.1, -0.05) is 11.6 Å². The largest absolute Gasteiger partial charge is 0.388 e. The Morgan fingerprint density at radius 3 is 2.59 bits per heavy atom. The summed E-state index contributed by atoms with van der Waals surface area (Å²) in [5.41, 5.74) is 2.26. The summed E-state index contributed by atoms with van der Waals surface area (Å²) >= 11 is 6.10. The number of aliphatic hydroxyl groups excluding tert-OH is 1. The number of aryl methyl sites for hydroxylation is 3. The number of rotatable bonds is 3. The SMILES string of the molecule is Cc1nn(C)c(Cl)c1C(O)Cc1ccn(C)n1. The van der Waals surface area contributed by atoms with Gasteiger partial charge in [-0.3, -0.25) is 9.36 Å². The molecule has 0 fully saturated rings. The molecule has 0 saturated carbocycles. The van der Waals surface area contributed by atoms with E-state index in [0.717, 1.165) is 11.4 Å². The smallest absolute Gasteiger partial charge is 0.132 e. The molecule has 0 spiro atoms. The summed E-state index contributed by atoms with van der Waals surface area (Å²) in [5.74, 6) is 0. The molecule has 0 aliphatic rings. The molecule has 2 aromatic heterocycles. The van der Waals surface area contributed by atoms with Gasteiger partial charge in [0.25, 0.3) is 0 Å². The number of aromatic nitrogens is 4. The quantitative estimate of drug-likeness (QED) is 0.901. The summed E-state index contributed by atoms with van der Waals surface area (Å²) < 4.78 is 3.27. The van der Waals surface area contributed by atoms with Crippen molar-refractivity contribution in [2.24, 2.45) is 14.1 Å². The molecule has 17 heavy (non-hydrogen) atoms. The van der Waals surface area contributed by atoms with Crippen molar-refractivity contribution in [1.82, 2.24) is 19.6 Å². The van der Waals surface area contributed by atoms with E-state index >= 15 is 0 Å². The first-order valence-corrected chi connectivity index (χ1v) is 5.72. The first-order valence-electron chi connectivity index (χ1n) is 5.34. The second kappa shape index (κ2) is 4.50. The van der Waals surface area contributed by atoms with Crippen LogP contribution in [0.4, 0.5) is 0 Å². The zero-order chi connectivity index (χ0) is 12.6. The van der Waals surface area contributed by atoms with Crippen LogP contribution in [0, 0.1) is 6.92 Å². The van der Waals surface area contributed by atoms with Crippen LogP contribution in [0.2, 0.25) is 5.15 Å². The van der Waals surface area contributed by atoms with Crippen molar-refractivity contribution < 1.29 is 5.11 Å². The van der Waals surface area contributed by atoms with Crippen molar-refractivity contribution >= 4 is 11.6 Å². The second-order valence-corrected chi connectivity index (χ2v) is 4.47. The molecule has 0 aliphatic carbocycles. The fourth-order valence-electron chi connectivity index (χ4n) is 1.90. The van der Waals surface area contributed by atoms with E-state index in [0.29, 0.717) is 17.1 Å². The summed E-state index contributed by atoms with van der Waals surface area (Å²) in [4.78, 5) is 0. The molecule has 0 amide bonds. The van der Waals surface area contributed by atoms with Gasteiger partial charge in [0, 0.05) is 32.3 Å². The fourth-order valence-corrected chi connectivity index (χ4v) is 2.20. The van der Waals surface area contributed by atoms with Crippen LogP contribution in [-0.4, -0.2) is 24.7 Å². The first-order chi connectivity index (χ1) is 7.99. The lowest BCUT2D eigenvalue weighted by atomic mass is 10.1. The number of hydrogen-bond donors (Lipinski definition) is 1. The van der Waals surface area contributed by atoms with Gasteiger partial charge in [-0.05, 0) is 13.0 Å². The van der Waals surface area contributed by atoms with E-state index in [2.05, 4.69) is 10.2 Å². The first kappa shape index (κ1) is 12.1. The summed E-state index contributed by atoms with van der Waals surface area (Å²) in [7, 11) is 3.60. The number of halogens is 1. The molecule has 0 radical (unpaired) electrons. The number of hydrogen-bond acceptors (Lipinski definition) is 3. The maximum Gasteiger partial charge on any atom is 0.132 e. The van der Waals surface area contributed by atoms with Crippen molar-refractivity contribution in [3.63, 3.8) is 0 Å². The Labute approximate surface area is 105 Å². The van der Waals surface area contributed by atoms with Crippen molar-refractivity contribution in [3.8, 4) is 0 Å². The second-order valence-electron chi connectivity index (χ2n) is 4.11. The summed E-state index contributed by atoms with van der Waals surface area (Å²) in [5, 5.41) is 19.1. The zero-order valence-corrected chi connectivity index (χ0v) is 10.8. The molecule has 5 nitrogen and oxygen atoms in total. The predicted octanol–water partition coefficient (Wildman–Crippen LogP) is 1.39. The Hall–Kier alpha value is -1.33. The lowest BCUT2D eigenvalue weighted by Crippen LogP contribution is -2.04. The maximum atomic E-state index is 10.2. The van der Waals surface area contributed by atoms with Crippen LogP contribution >= 0.6 is 11.6 Å². The third kappa shape index (κ3) is 2.35. The van der Waals surface area contributed by atoms with Crippen LogP contribution < -0.4 is 0 Å². The number of aliphatic hydroxyl groups is 1. The standard InChI is InChI=1S/C11H15ClN4O/c1-7-10(11(12)16(3)13-7)9(17)6-8-4-5-15(2)14-8/h4-5,9,17H,6H2,1-3H3. The fraction of sp³-hybridized carbons (Fsp3) is 0.455. The van der Waals surface area contributed by atoms with Gasteiger partial charge in [0.15, 0.2) is 0 Å². The Bertz CT molecular complexity index is 532. The molecule has 92 valence electrons. The molecule has 0 aliphatic heterocycles. The Morgan fingerprint density at radius 2 is 2.12 bits per heavy atom. The molecule has 2 rings (SSSR count). The van der Waals surface area contributed by atoms with Crippen LogP contribution in [-0.2, 0) is 20.5 Å². The van der Waals surface area contributed by atoms with E-state index in [1.807, 2.05) is 26.2 Å². The third-order valence-corrected chi connectivity index (χ3v) is 3.15. The summed E-state index contributed by atoms with van der Waals surface area (Å²) in [6, 6.07) is 1.88. The van der Waals surface area contributed by atoms with Gasteiger partial charge in [-0.2, -0.15) is 10.2 Å². The highest BCUT2D eigenvalue weighted by molar-refractivity contribution is 6.30. The lowest BCUT2D eigenvalue weighted by Gasteiger charge is -2.08. The molecule has 1 unspecified atom stereocenters. The molecular weight excluding hydrogens is 240 g/mol. The van der Waals surface area contributed by atoms with Gasteiger partial charge < -0.3 is 5.11 Å². The minimum absolute atomic E-state index is 0.438. The Kier molecular flexibility index (Phi) is 3.22. The van der Waals surface area contributed by atoms with Crippen LogP contribution in [0.25, 0.3) is 0 Å². The molecular formula is C11H15ClN4O. The van der Waals surface area contributed by atoms with Crippen molar-refractivity contribution in [2.75, 3.05) is 0 Å². The van der Waals surface area contributed by atoms with Gasteiger partial charge in [0.1, 0.15) is 5.15 Å². The summed E-state index contributed by atoms with van der Waals surface area (Å²) in [6.45, 7) is 1.84. The Balaban J connectivity index is 2.22.